The summed E-state index contributed by atoms with van der Waals surface area (Å²) in [7, 11) is 3.41. The fourth-order valence-corrected chi connectivity index (χ4v) is 6.88. The van der Waals surface area contributed by atoms with Crippen molar-refractivity contribution in [3.63, 3.8) is 0 Å². The van der Waals surface area contributed by atoms with Crippen LogP contribution in [0.15, 0.2) is 133 Å². The van der Waals surface area contributed by atoms with Crippen LogP contribution in [0.3, 0.4) is 0 Å². The average Bonchev–Trinajstić information content (AvgIpc) is 3.31. The van der Waals surface area contributed by atoms with Crippen LogP contribution in [0.5, 0.6) is 11.5 Å². The maximum absolute atomic E-state index is 5.47. The number of anilines is 6. The van der Waals surface area contributed by atoms with E-state index in [4.69, 9.17) is 9.47 Å². The van der Waals surface area contributed by atoms with E-state index in [9.17, 15) is 0 Å². The fourth-order valence-electron chi connectivity index (χ4n) is 6.88. The number of hydrogen-bond acceptors (Lipinski definition) is 4. The fraction of sp³-hybridized carbons (Fsp3) is 0.163. The molecule has 0 fully saturated rings. The molecule has 0 spiro atoms. The summed E-state index contributed by atoms with van der Waals surface area (Å²) in [6, 6.07) is 47.8. The summed E-state index contributed by atoms with van der Waals surface area (Å²) < 4.78 is 10.9. The van der Waals surface area contributed by atoms with E-state index in [0.717, 1.165) is 45.6 Å². The standard InChI is InChI=1S/C43H40N2O2/c1-29-9-7-11-33(25-29)44(31-13-19-37(46-5)20-14-31)35-17-23-39-40-24-18-36(28-42(40)43(3,4)41(39)27-35)45(34-12-8-10-30(2)26-34)32-15-21-38(47-6)22-16-32/h7-28H,1-6H3. The van der Waals surface area contributed by atoms with Gasteiger partial charge in [-0.15, -0.1) is 0 Å². The van der Waals surface area contributed by atoms with Crippen molar-refractivity contribution in [2.45, 2.75) is 33.1 Å². The molecule has 0 atom stereocenters. The third kappa shape index (κ3) is 5.50. The molecule has 0 aliphatic heterocycles. The van der Waals surface area contributed by atoms with Crippen molar-refractivity contribution in [3.8, 4) is 22.6 Å². The average molecular weight is 617 g/mol. The molecule has 6 aromatic carbocycles. The Morgan fingerprint density at radius 1 is 0.426 bits per heavy atom. The molecule has 0 saturated carbocycles. The first-order valence-corrected chi connectivity index (χ1v) is 16.1. The molecule has 0 bridgehead atoms. The van der Waals surface area contributed by atoms with Gasteiger partial charge >= 0.3 is 0 Å². The van der Waals surface area contributed by atoms with E-state index in [2.05, 4.69) is 147 Å². The summed E-state index contributed by atoms with van der Waals surface area (Å²) in [6.07, 6.45) is 0. The highest BCUT2D eigenvalue weighted by atomic mass is 16.5. The highest BCUT2D eigenvalue weighted by Crippen LogP contribution is 2.52. The SMILES string of the molecule is COc1ccc(N(c2cccc(C)c2)c2ccc3c(c2)C(C)(C)c2cc(N(c4ccc(OC)cc4)c4cccc(C)c4)ccc2-3)cc1. The highest BCUT2D eigenvalue weighted by Gasteiger charge is 2.37. The van der Waals surface area contributed by atoms with E-state index in [1.54, 1.807) is 14.2 Å². The summed E-state index contributed by atoms with van der Waals surface area (Å²) >= 11 is 0. The van der Waals surface area contributed by atoms with Crippen LogP contribution >= 0.6 is 0 Å². The van der Waals surface area contributed by atoms with Crippen LogP contribution in [-0.2, 0) is 5.41 Å². The first-order valence-electron chi connectivity index (χ1n) is 16.1. The van der Waals surface area contributed by atoms with Crippen LogP contribution in [0.2, 0.25) is 0 Å². The van der Waals surface area contributed by atoms with Crippen molar-refractivity contribution >= 4 is 34.1 Å². The Labute approximate surface area is 278 Å². The van der Waals surface area contributed by atoms with E-state index in [1.807, 2.05) is 24.3 Å². The van der Waals surface area contributed by atoms with Gasteiger partial charge in [-0.3, -0.25) is 0 Å². The number of rotatable bonds is 8. The molecule has 47 heavy (non-hydrogen) atoms. The number of hydrogen-bond donors (Lipinski definition) is 0. The van der Waals surface area contributed by atoms with Crippen molar-refractivity contribution in [1.29, 1.82) is 0 Å². The molecule has 0 saturated heterocycles. The zero-order valence-corrected chi connectivity index (χ0v) is 27.9. The van der Waals surface area contributed by atoms with Crippen LogP contribution in [0.4, 0.5) is 34.1 Å². The van der Waals surface area contributed by atoms with Crippen LogP contribution in [0, 0.1) is 13.8 Å². The van der Waals surface area contributed by atoms with Gasteiger partial charge in [0.05, 0.1) is 14.2 Å². The van der Waals surface area contributed by atoms with Crippen LogP contribution in [0.1, 0.15) is 36.1 Å². The normalized spacial score (nSPS) is 12.6. The van der Waals surface area contributed by atoms with Gasteiger partial charge in [-0.1, -0.05) is 50.2 Å². The predicted molar refractivity (Wildman–Crippen MR) is 196 cm³/mol. The topological polar surface area (TPSA) is 24.9 Å². The monoisotopic (exact) mass is 616 g/mol. The molecule has 0 amide bonds. The maximum atomic E-state index is 5.47. The van der Waals surface area contributed by atoms with Crippen molar-refractivity contribution in [2.75, 3.05) is 24.0 Å². The Morgan fingerprint density at radius 3 is 1.15 bits per heavy atom. The van der Waals surface area contributed by atoms with Gasteiger partial charge in [-0.05, 0) is 144 Å². The van der Waals surface area contributed by atoms with Gasteiger partial charge in [0, 0.05) is 39.5 Å². The third-order valence-electron chi connectivity index (χ3n) is 9.34. The lowest BCUT2D eigenvalue weighted by Gasteiger charge is -2.29. The zero-order chi connectivity index (χ0) is 32.7. The van der Waals surface area contributed by atoms with E-state index in [1.165, 1.54) is 33.4 Å². The minimum absolute atomic E-state index is 0.215. The largest absolute Gasteiger partial charge is 0.497 e. The zero-order valence-electron chi connectivity index (χ0n) is 27.9. The molecular weight excluding hydrogens is 576 g/mol. The van der Waals surface area contributed by atoms with Crippen molar-refractivity contribution < 1.29 is 9.47 Å². The van der Waals surface area contributed by atoms with Gasteiger partial charge in [0.2, 0.25) is 0 Å². The van der Waals surface area contributed by atoms with Crippen molar-refractivity contribution in [1.82, 2.24) is 0 Å². The lowest BCUT2D eigenvalue weighted by atomic mass is 9.82. The summed E-state index contributed by atoms with van der Waals surface area (Å²) in [5.74, 6) is 1.68. The van der Waals surface area contributed by atoms with E-state index < -0.39 is 0 Å². The molecule has 7 rings (SSSR count). The molecule has 6 aromatic rings. The van der Waals surface area contributed by atoms with Crippen LogP contribution < -0.4 is 19.3 Å². The first kappa shape index (κ1) is 30.2. The Morgan fingerprint density at radius 2 is 0.787 bits per heavy atom. The molecule has 1 aliphatic rings. The van der Waals surface area contributed by atoms with Gasteiger partial charge in [0.15, 0.2) is 0 Å². The third-order valence-corrected chi connectivity index (χ3v) is 9.34. The smallest absolute Gasteiger partial charge is 0.119 e. The molecule has 4 nitrogen and oxygen atoms in total. The van der Waals surface area contributed by atoms with E-state index >= 15 is 0 Å². The van der Waals surface area contributed by atoms with Crippen LogP contribution in [-0.4, -0.2) is 14.2 Å². The minimum atomic E-state index is -0.215. The second kappa shape index (κ2) is 12.0. The predicted octanol–water partition coefficient (Wildman–Crippen LogP) is 11.6. The van der Waals surface area contributed by atoms with Crippen LogP contribution in [0.25, 0.3) is 11.1 Å². The molecule has 4 heteroatoms. The van der Waals surface area contributed by atoms with Crippen molar-refractivity contribution in [3.05, 3.63) is 156 Å². The van der Waals surface area contributed by atoms with Gasteiger partial charge in [-0.25, -0.2) is 0 Å². The summed E-state index contributed by atoms with van der Waals surface area (Å²) in [5.41, 5.74) is 14.1. The quantitative estimate of drug-likeness (QED) is 0.170. The Balaban J connectivity index is 1.33. The van der Waals surface area contributed by atoms with Gasteiger partial charge in [0.1, 0.15) is 11.5 Å². The lowest BCUT2D eigenvalue weighted by Crippen LogP contribution is -2.17. The number of fused-ring (bicyclic) bond motifs is 3. The molecule has 0 heterocycles. The first-order chi connectivity index (χ1) is 22.8. The Bertz CT molecular complexity index is 1910. The number of nitrogens with zero attached hydrogens (tertiary/aromatic N) is 2. The lowest BCUT2D eigenvalue weighted by molar-refractivity contribution is 0.414. The second-order valence-electron chi connectivity index (χ2n) is 12.8. The number of aryl methyl sites for hydroxylation is 2. The van der Waals surface area contributed by atoms with Gasteiger partial charge in [0.25, 0.3) is 0 Å². The minimum Gasteiger partial charge on any atom is -0.497 e. The number of ether oxygens (including phenoxy) is 2. The van der Waals surface area contributed by atoms with E-state index in [-0.39, 0.29) is 5.41 Å². The van der Waals surface area contributed by atoms with E-state index in [0.29, 0.717) is 0 Å². The Kier molecular flexibility index (Phi) is 7.73. The molecule has 234 valence electrons. The Hall–Kier alpha value is -5.48. The molecular formula is C43H40N2O2. The maximum Gasteiger partial charge on any atom is 0.119 e. The molecule has 0 radical (unpaired) electrons. The highest BCUT2D eigenvalue weighted by molar-refractivity contribution is 5.88. The van der Waals surface area contributed by atoms with Crippen molar-refractivity contribution in [2.24, 2.45) is 0 Å². The molecule has 1 aliphatic carbocycles. The summed E-state index contributed by atoms with van der Waals surface area (Å²) in [5, 5.41) is 0. The summed E-state index contributed by atoms with van der Waals surface area (Å²) in [4.78, 5) is 4.67. The molecule has 0 N–H and O–H groups in total. The second-order valence-corrected chi connectivity index (χ2v) is 12.8. The molecule has 0 unspecified atom stereocenters. The molecule has 0 aromatic heterocycles. The number of benzene rings is 6. The van der Waals surface area contributed by atoms with Gasteiger partial charge < -0.3 is 19.3 Å². The van der Waals surface area contributed by atoms with Gasteiger partial charge in [-0.2, -0.15) is 0 Å². The number of methoxy groups -OCH3 is 2. The summed E-state index contributed by atoms with van der Waals surface area (Å²) in [6.45, 7) is 8.98.